The maximum Gasteiger partial charge on any atom is 0.307 e. The van der Waals surface area contributed by atoms with Crippen molar-refractivity contribution < 1.29 is 14.4 Å². The van der Waals surface area contributed by atoms with Gasteiger partial charge in [0, 0.05) is 11.5 Å². The van der Waals surface area contributed by atoms with Crippen LogP contribution in [0.15, 0.2) is 28.8 Å². The van der Waals surface area contributed by atoms with E-state index >= 15 is 0 Å². The molecule has 0 aliphatic heterocycles. The molecule has 2 atom stereocenters. The summed E-state index contributed by atoms with van der Waals surface area (Å²) in [5.74, 6) is -0.914. The number of hydrogen-bond donors (Lipinski definition) is 1. The molecule has 0 fully saturated rings. The Hall–Kier alpha value is -2.17. The Labute approximate surface area is 111 Å². The van der Waals surface area contributed by atoms with Crippen molar-refractivity contribution in [2.24, 2.45) is 5.92 Å². The van der Waals surface area contributed by atoms with Crippen LogP contribution in [-0.2, 0) is 4.79 Å². The molecule has 0 aliphatic rings. The maximum atomic E-state index is 10.9. The molecule has 0 saturated heterocycles. The molecule has 1 N–H and O–H groups in total. The number of carboxylic acids is 1. The third-order valence-electron chi connectivity index (χ3n) is 3.28. The second-order valence-corrected chi connectivity index (χ2v) is 4.74. The molecule has 2 aromatic rings. The molecule has 100 valence electrons. The van der Waals surface area contributed by atoms with Crippen molar-refractivity contribution in [1.29, 1.82) is 0 Å². The molecular formula is C14H16N2O3. The molecule has 0 spiro atoms. The number of aryl methyl sites for hydroxylation is 1. The highest BCUT2D eigenvalue weighted by Gasteiger charge is 2.26. The highest BCUT2D eigenvalue weighted by atomic mass is 16.5. The Morgan fingerprint density at radius 2 is 1.89 bits per heavy atom. The first-order valence-electron chi connectivity index (χ1n) is 6.12. The molecule has 5 nitrogen and oxygen atoms in total. The molecular weight excluding hydrogens is 244 g/mol. The first kappa shape index (κ1) is 13.3. The van der Waals surface area contributed by atoms with Gasteiger partial charge < -0.3 is 9.63 Å². The lowest BCUT2D eigenvalue weighted by Crippen LogP contribution is -2.16. The van der Waals surface area contributed by atoms with E-state index in [1.165, 1.54) is 0 Å². The number of carbonyl (C=O) groups is 1. The summed E-state index contributed by atoms with van der Waals surface area (Å²) < 4.78 is 5.16. The van der Waals surface area contributed by atoms with Crippen LogP contribution in [0.5, 0.6) is 0 Å². The van der Waals surface area contributed by atoms with Crippen LogP contribution in [-0.4, -0.2) is 21.2 Å². The largest absolute Gasteiger partial charge is 0.481 e. The summed E-state index contributed by atoms with van der Waals surface area (Å²) in [4.78, 5) is 15.2. The number of hydrogen-bond acceptors (Lipinski definition) is 4. The Bertz CT molecular complexity index is 575. The van der Waals surface area contributed by atoms with Crippen molar-refractivity contribution in [2.45, 2.75) is 26.7 Å². The molecule has 1 heterocycles. The third-order valence-corrected chi connectivity index (χ3v) is 3.28. The van der Waals surface area contributed by atoms with Crippen molar-refractivity contribution in [3.8, 4) is 11.4 Å². The van der Waals surface area contributed by atoms with E-state index in [9.17, 15) is 4.79 Å². The fourth-order valence-corrected chi connectivity index (χ4v) is 1.67. The molecule has 1 aromatic heterocycles. The van der Waals surface area contributed by atoms with E-state index < -0.39 is 11.9 Å². The van der Waals surface area contributed by atoms with Crippen molar-refractivity contribution in [2.75, 3.05) is 0 Å². The second kappa shape index (κ2) is 5.22. The summed E-state index contributed by atoms with van der Waals surface area (Å²) in [5, 5.41) is 12.9. The fraction of sp³-hybridized carbons (Fsp3) is 0.357. The predicted octanol–water partition coefficient (Wildman–Crippen LogP) is 2.87. The minimum Gasteiger partial charge on any atom is -0.481 e. The highest BCUT2D eigenvalue weighted by molar-refractivity contribution is 5.70. The molecule has 0 amide bonds. The average Bonchev–Trinajstić information content (AvgIpc) is 2.87. The Kier molecular flexibility index (Phi) is 3.64. The van der Waals surface area contributed by atoms with Gasteiger partial charge in [-0.2, -0.15) is 4.98 Å². The number of carboxylic acid groups (broad SMARTS) is 1. The molecule has 0 radical (unpaired) electrons. The van der Waals surface area contributed by atoms with E-state index in [0.29, 0.717) is 11.7 Å². The van der Waals surface area contributed by atoms with Gasteiger partial charge in [-0.1, -0.05) is 48.8 Å². The van der Waals surface area contributed by atoms with Crippen LogP contribution in [0.3, 0.4) is 0 Å². The van der Waals surface area contributed by atoms with E-state index in [0.717, 1.165) is 11.1 Å². The van der Waals surface area contributed by atoms with Crippen LogP contribution in [0.2, 0.25) is 0 Å². The highest BCUT2D eigenvalue weighted by Crippen LogP contribution is 2.25. The Morgan fingerprint density at radius 3 is 2.47 bits per heavy atom. The van der Waals surface area contributed by atoms with Gasteiger partial charge in [0.25, 0.3) is 0 Å². The first-order chi connectivity index (χ1) is 8.99. The zero-order chi connectivity index (χ0) is 14.0. The zero-order valence-electron chi connectivity index (χ0n) is 11.1. The normalized spacial score (nSPS) is 14.1. The summed E-state index contributed by atoms with van der Waals surface area (Å²) in [5.41, 5.74) is 2.01. The van der Waals surface area contributed by atoms with Crippen LogP contribution in [0.25, 0.3) is 11.4 Å². The van der Waals surface area contributed by atoms with E-state index in [4.69, 9.17) is 9.63 Å². The summed E-state index contributed by atoms with van der Waals surface area (Å²) in [6.45, 7) is 5.40. The molecule has 2 unspecified atom stereocenters. The van der Waals surface area contributed by atoms with Gasteiger partial charge in [0.15, 0.2) is 0 Å². The van der Waals surface area contributed by atoms with E-state index in [1.54, 1.807) is 13.8 Å². The van der Waals surface area contributed by atoms with E-state index in [2.05, 4.69) is 10.1 Å². The lowest BCUT2D eigenvalue weighted by atomic mass is 9.96. The number of benzene rings is 1. The molecule has 0 bridgehead atoms. The lowest BCUT2D eigenvalue weighted by molar-refractivity contribution is -0.141. The van der Waals surface area contributed by atoms with Gasteiger partial charge in [0.2, 0.25) is 11.7 Å². The Morgan fingerprint density at radius 1 is 1.26 bits per heavy atom. The molecule has 1 aromatic carbocycles. The third kappa shape index (κ3) is 2.81. The lowest BCUT2D eigenvalue weighted by Gasteiger charge is -2.10. The van der Waals surface area contributed by atoms with Gasteiger partial charge >= 0.3 is 5.97 Å². The summed E-state index contributed by atoms with van der Waals surface area (Å²) in [6.07, 6.45) is 0. The average molecular weight is 260 g/mol. The number of aromatic nitrogens is 2. The second-order valence-electron chi connectivity index (χ2n) is 4.74. The van der Waals surface area contributed by atoms with Gasteiger partial charge in [-0.15, -0.1) is 0 Å². The van der Waals surface area contributed by atoms with Crippen molar-refractivity contribution in [3.05, 3.63) is 35.7 Å². The topological polar surface area (TPSA) is 76.2 Å². The quantitative estimate of drug-likeness (QED) is 0.914. The number of rotatable bonds is 4. The van der Waals surface area contributed by atoms with Gasteiger partial charge in [0.05, 0.1) is 5.92 Å². The molecule has 19 heavy (non-hydrogen) atoms. The van der Waals surface area contributed by atoms with Crippen molar-refractivity contribution >= 4 is 5.97 Å². The van der Waals surface area contributed by atoms with Crippen molar-refractivity contribution in [1.82, 2.24) is 10.1 Å². The first-order valence-corrected chi connectivity index (χ1v) is 6.12. The summed E-state index contributed by atoms with van der Waals surface area (Å²) >= 11 is 0. The minimum absolute atomic E-state index is 0.316. The predicted molar refractivity (Wildman–Crippen MR) is 69.7 cm³/mol. The van der Waals surface area contributed by atoms with Crippen molar-refractivity contribution in [3.63, 3.8) is 0 Å². The SMILES string of the molecule is Cc1ccc(-c2noc(C(C)C(C)C(=O)O)n2)cc1. The van der Waals surface area contributed by atoms with Crippen LogP contribution < -0.4 is 0 Å². The number of nitrogens with zero attached hydrogens (tertiary/aromatic N) is 2. The monoisotopic (exact) mass is 260 g/mol. The van der Waals surface area contributed by atoms with Gasteiger partial charge in [0.1, 0.15) is 0 Å². The summed E-state index contributed by atoms with van der Waals surface area (Å²) in [6, 6.07) is 7.76. The smallest absolute Gasteiger partial charge is 0.307 e. The number of aliphatic carboxylic acids is 1. The van der Waals surface area contributed by atoms with Crippen LogP contribution in [0.1, 0.15) is 31.2 Å². The standard InChI is InChI=1S/C14H16N2O3/c1-8-4-6-11(7-5-8)12-15-13(19-16-12)9(2)10(3)14(17)18/h4-7,9-10H,1-3H3,(H,17,18). The molecule has 5 heteroatoms. The van der Waals surface area contributed by atoms with E-state index in [1.807, 2.05) is 31.2 Å². The van der Waals surface area contributed by atoms with Crippen LogP contribution >= 0.6 is 0 Å². The maximum absolute atomic E-state index is 10.9. The van der Waals surface area contributed by atoms with E-state index in [-0.39, 0.29) is 5.92 Å². The van der Waals surface area contributed by atoms with Gasteiger partial charge in [-0.05, 0) is 6.92 Å². The van der Waals surface area contributed by atoms with Crippen LogP contribution in [0, 0.1) is 12.8 Å². The summed E-state index contributed by atoms with van der Waals surface area (Å²) in [7, 11) is 0. The van der Waals surface area contributed by atoms with Gasteiger partial charge in [-0.25, -0.2) is 0 Å². The zero-order valence-corrected chi connectivity index (χ0v) is 11.1. The van der Waals surface area contributed by atoms with Gasteiger partial charge in [-0.3, -0.25) is 4.79 Å². The Balaban J connectivity index is 2.24. The molecule has 0 aliphatic carbocycles. The molecule has 0 saturated carbocycles. The molecule has 2 rings (SSSR count). The fourth-order valence-electron chi connectivity index (χ4n) is 1.67. The minimum atomic E-state index is -0.873. The van der Waals surface area contributed by atoms with Crippen LogP contribution in [0.4, 0.5) is 0 Å².